The highest BCUT2D eigenvalue weighted by Crippen LogP contribution is 2.03. The summed E-state index contributed by atoms with van der Waals surface area (Å²) in [4.78, 5) is 19.5. The number of carbonyl (C=O) groups is 1. The summed E-state index contributed by atoms with van der Waals surface area (Å²) < 4.78 is 0. The Morgan fingerprint density at radius 3 is 2.62 bits per heavy atom. The summed E-state index contributed by atoms with van der Waals surface area (Å²) in [5.74, 6) is 0.492. The molecule has 1 N–H and O–H groups in total. The fourth-order valence-electron chi connectivity index (χ4n) is 1.31. The number of aromatic nitrogens is 2. The van der Waals surface area contributed by atoms with Crippen molar-refractivity contribution < 1.29 is 4.79 Å². The molecule has 0 saturated heterocycles. The minimum Gasteiger partial charge on any atom is -0.310 e. The van der Waals surface area contributed by atoms with Gasteiger partial charge in [0.2, 0.25) is 5.91 Å². The molecular formula is C12H11N3O. The molecule has 16 heavy (non-hydrogen) atoms. The number of nitrogens with one attached hydrogen (secondary N) is 1. The van der Waals surface area contributed by atoms with Crippen molar-refractivity contribution in [2.45, 2.75) is 6.42 Å². The topological polar surface area (TPSA) is 54.9 Å². The Morgan fingerprint density at radius 2 is 1.94 bits per heavy atom. The van der Waals surface area contributed by atoms with Crippen molar-refractivity contribution in [3.05, 3.63) is 54.5 Å². The molecule has 0 atom stereocenters. The highest BCUT2D eigenvalue weighted by Gasteiger charge is 2.03. The van der Waals surface area contributed by atoms with Crippen LogP contribution in [-0.2, 0) is 11.2 Å². The third-order valence-electron chi connectivity index (χ3n) is 2.05. The van der Waals surface area contributed by atoms with Crippen LogP contribution >= 0.6 is 0 Å². The van der Waals surface area contributed by atoms with E-state index in [0.717, 1.165) is 5.56 Å². The zero-order chi connectivity index (χ0) is 11.2. The lowest BCUT2D eigenvalue weighted by Gasteiger charge is -2.03. The second-order valence-electron chi connectivity index (χ2n) is 3.30. The molecule has 1 amide bonds. The van der Waals surface area contributed by atoms with E-state index in [1.54, 1.807) is 30.7 Å². The summed E-state index contributed by atoms with van der Waals surface area (Å²) in [6, 6.07) is 9.02. The zero-order valence-electron chi connectivity index (χ0n) is 8.63. The number of anilines is 1. The van der Waals surface area contributed by atoms with Crippen molar-refractivity contribution in [3.8, 4) is 0 Å². The number of nitrogens with zero attached hydrogens (tertiary/aromatic N) is 2. The van der Waals surface area contributed by atoms with Crippen LogP contribution in [0.15, 0.2) is 48.9 Å². The van der Waals surface area contributed by atoms with Crippen molar-refractivity contribution >= 4 is 11.7 Å². The van der Waals surface area contributed by atoms with Gasteiger partial charge in [-0.15, -0.1) is 0 Å². The number of amides is 1. The molecule has 0 aliphatic rings. The molecular weight excluding hydrogens is 202 g/mol. The molecule has 4 heteroatoms. The van der Waals surface area contributed by atoms with Crippen molar-refractivity contribution in [2.75, 3.05) is 5.32 Å². The SMILES string of the molecule is O=C(Cc1ccncc1)Nc1ccccn1. The second kappa shape index (κ2) is 5.02. The van der Waals surface area contributed by atoms with Gasteiger partial charge in [-0.1, -0.05) is 6.07 Å². The number of hydrogen-bond donors (Lipinski definition) is 1. The molecule has 0 fully saturated rings. The Balaban J connectivity index is 1.95. The predicted octanol–water partition coefficient (Wildman–Crippen LogP) is 1.66. The van der Waals surface area contributed by atoms with Crippen molar-refractivity contribution in [3.63, 3.8) is 0 Å². The monoisotopic (exact) mass is 213 g/mol. The molecule has 0 aliphatic heterocycles. The van der Waals surface area contributed by atoms with Crippen LogP contribution in [0.25, 0.3) is 0 Å². The summed E-state index contributed by atoms with van der Waals surface area (Å²) >= 11 is 0. The van der Waals surface area contributed by atoms with Crippen LogP contribution in [-0.4, -0.2) is 15.9 Å². The Hall–Kier alpha value is -2.23. The Bertz CT molecular complexity index is 413. The van der Waals surface area contributed by atoms with Gasteiger partial charge in [0.1, 0.15) is 5.82 Å². The first-order valence-corrected chi connectivity index (χ1v) is 4.94. The highest BCUT2D eigenvalue weighted by molar-refractivity contribution is 5.91. The fraction of sp³-hybridized carbons (Fsp3) is 0.0833. The van der Waals surface area contributed by atoms with E-state index in [2.05, 4.69) is 15.3 Å². The molecule has 0 unspecified atom stereocenters. The van der Waals surface area contributed by atoms with Crippen molar-refractivity contribution in [1.29, 1.82) is 0 Å². The quantitative estimate of drug-likeness (QED) is 0.843. The summed E-state index contributed by atoms with van der Waals surface area (Å²) in [5, 5.41) is 2.72. The molecule has 0 bridgehead atoms. The average Bonchev–Trinajstić information content (AvgIpc) is 2.31. The van der Waals surface area contributed by atoms with Crippen LogP contribution in [0.4, 0.5) is 5.82 Å². The molecule has 0 aliphatic carbocycles. The van der Waals surface area contributed by atoms with Gasteiger partial charge in [0.15, 0.2) is 0 Å². The number of hydrogen-bond acceptors (Lipinski definition) is 3. The minimum absolute atomic E-state index is 0.0788. The maximum atomic E-state index is 11.6. The highest BCUT2D eigenvalue weighted by atomic mass is 16.1. The first kappa shape index (κ1) is 10.3. The Morgan fingerprint density at radius 1 is 1.12 bits per heavy atom. The van der Waals surface area contributed by atoms with Gasteiger partial charge in [0.05, 0.1) is 6.42 Å². The summed E-state index contributed by atoms with van der Waals surface area (Å²) in [7, 11) is 0. The smallest absolute Gasteiger partial charge is 0.229 e. The van der Waals surface area contributed by atoms with Gasteiger partial charge in [0.25, 0.3) is 0 Å². The standard InChI is InChI=1S/C12H11N3O/c16-12(9-10-4-7-13-8-5-10)15-11-3-1-2-6-14-11/h1-8H,9H2,(H,14,15,16). The van der Waals surface area contributed by atoms with Crippen molar-refractivity contribution in [1.82, 2.24) is 9.97 Å². The first-order valence-electron chi connectivity index (χ1n) is 4.94. The number of rotatable bonds is 3. The molecule has 0 radical (unpaired) electrons. The maximum Gasteiger partial charge on any atom is 0.229 e. The van der Waals surface area contributed by atoms with Gasteiger partial charge in [0, 0.05) is 18.6 Å². The van der Waals surface area contributed by atoms with E-state index in [9.17, 15) is 4.79 Å². The molecule has 2 aromatic rings. The van der Waals surface area contributed by atoms with Crippen LogP contribution in [0.1, 0.15) is 5.56 Å². The largest absolute Gasteiger partial charge is 0.310 e. The van der Waals surface area contributed by atoms with Crippen molar-refractivity contribution in [2.24, 2.45) is 0 Å². The van der Waals surface area contributed by atoms with Gasteiger partial charge >= 0.3 is 0 Å². The molecule has 2 rings (SSSR count). The normalized spacial score (nSPS) is 9.75. The summed E-state index contributed by atoms with van der Waals surface area (Å²) in [6.45, 7) is 0. The number of pyridine rings is 2. The predicted molar refractivity (Wildman–Crippen MR) is 60.8 cm³/mol. The minimum atomic E-state index is -0.0788. The second-order valence-corrected chi connectivity index (χ2v) is 3.30. The van der Waals surface area contributed by atoms with E-state index in [-0.39, 0.29) is 5.91 Å². The van der Waals surface area contributed by atoms with E-state index < -0.39 is 0 Å². The van der Waals surface area contributed by atoms with E-state index in [1.165, 1.54) is 0 Å². The van der Waals surface area contributed by atoms with Gasteiger partial charge in [-0.2, -0.15) is 0 Å². The molecule has 80 valence electrons. The Labute approximate surface area is 93.4 Å². The van der Waals surface area contributed by atoms with Crippen LogP contribution in [0, 0.1) is 0 Å². The van der Waals surface area contributed by atoms with E-state index >= 15 is 0 Å². The molecule has 0 spiro atoms. The van der Waals surface area contributed by atoms with Crippen LogP contribution < -0.4 is 5.32 Å². The van der Waals surface area contributed by atoms with Crippen LogP contribution in [0.3, 0.4) is 0 Å². The van der Waals surface area contributed by atoms with E-state index in [4.69, 9.17) is 0 Å². The van der Waals surface area contributed by atoms with E-state index in [1.807, 2.05) is 18.2 Å². The summed E-state index contributed by atoms with van der Waals surface area (Å²) in [5.41, 5.74) is 0.934. The third kappa shape index (κ3) is 2.88. The van der Waals surface area contributed by atoms with E-state index in [0.29, 0.717) is 12.2 Å². The third-order valence-corrected chi connectivity index (χ3v) is 2.05. The van der Waals surface area contributed by atoms with Crippen LogP contribution in [0.5, 0.6) is 0 Å². The van der Waals surface area contributed by atoms with Gasteiger partial charge in [-0.25, -0.2) is 4.98 Å². The lowest BCUT2D eigenvalue weighted by Crippen LogP contribution is -2.15. The molecule has 0 saturated carbocycles. The zero-order valence-corrected chi connectivity index (χ0v) is 8.63. The Kier molecular flexibility index (Phi) is 3.23. The van der Waals surface area contributed by atoms with Gasteiger partial charge < -0.3 is 5.32 Å². The van der Waals surface area contributed by atoms with Crippen LogP contribution in [0.2, 0.25) is 0 Å². The van der Waals surface area contributed by atoms with Gasteiger partial charge in [-0.05, 0) is 29.8 Å². The molecule has 0 aromatic carbocycles. The van der Waals surface area contributed by atoms with Gasteiger partial charge in [-0.3, -0.25) is 9.78 Å². The first-order chi connectivity index (χ1) is 7.84. The number of carbonyl (C=O) groups excluding carboxylic acids is 1. The molecule has 4 nitrogen and oxygen atoms in total. The summed E-state index contributed by atoms with van der Waals surface area (Å²) in [6.07, 6.45) is 5.31. The molecule has 2 heterocycles. The lowest BCUT2D eigenvalue weighted by molar-refractivity contribution is -0.115. The fourth-order valence-corrected chi connectivity index (χ4v) is 1.31. The molecule has 2 aromatic heterocycles. The lowest BCUT2D eigenvalue weighted by atomic mass is 10.2. The maximum absolute atomic E-state index is 11.6. The average molecular weight is 213 g/mol.